The largest absolute Gasteiger partial charge is 0.355 e. The summed E-state index contributed by atoms with van der Waals surface area (Å²) in [5.74, 6) is -0.627. The third kappa shape index (κ3) is 3.64. The molecule has 1 amide bonds. The highest BCUT2D eigenvalue weighted by molar-refractivity contribution is 8.00. The van der Waals surface area contributed by atoms with E-state index in [1.807, 2.05) is 0 Å². The van der Waals surface area contributed by atoms with Crippen LogP contribution in [0.2, 0.25) is 5.02 Å². The topological polar surface area (TPSA) is 64.0 Å². The van der Waals surface area contributed by atoms with Crippen molar-refractivity contribution in [2.24, 2.45) is 0 Å². The van der Waals surface area contributed by atoms with Crippen LogP contribution < -0.4 is 10.9 Å². The summed E-state index contributed by atoms with van der Waals surface area (Å²) >= 11 is 7.19. The highest BCUT2D eigenvalue weighted by atomic mass is 35.5. The molecule has 1 fully saturated rings. The average molecular weight is 418 g/mol. The molecule has 1 aromatic heterocycles. The molecule has 0 saturated carbocycles. The number of amides is 1. The lowest BCUT2D eigenvalue weighted by Crippen LogP contribution is -2.31. The van der Waals surface area contributed by atoms with Crippen LogP contribution in [0.4, 0.5) is 4.39 Å². The second-order valence-corrected chi connectivity index (χ2v) is 8.12. The summed E-state index contributed by atoms with van der Waals surface area (Å²) < 4.78 is 15.0. The number of hydrogen-bond acceptors (Lipinski definition) is 4. The molecule has 2 heterocycles. The van der Waals surface area contributed by atoms with Crippen LogP contribution in [0.5, 0.6) is 0 Å². The van der Waals surface area contributed by atoms with Crippen LogP contribution in [0.15, 0.2) is 52.4 Å². The number of halogens is 2. The van der Waals surface area contributed by atoms with E-state index in [9.17, 15) is 14.0 Å². The van der Waals surface area contributed by atoms with Crippen LogP contribution in [-0.2, 0) is 4.79 Å². The average Bonchev–Trinajstić information content (AvgIpc) is 2.89. The van der Waals surface area contributed by atoms with E-state index in [4.69, 9.17) is 11.6 Å². The van der Waals surface area contributed by atoms with Crippen molar-refractivity contribution in [3.8, 4) is 5.69 Å². The lowest BCUT2D eigenvalue weighted by molar-refractivity contribution is -0.120. The minimum atomic E-state index is -0.565. The van der Waals surface area contributed by atoms with Gasteiger partial charge in [-0.3, -0.25) is 14.2 Å². The standard InChI is InChI=1S/C20H17ClFN3O2S/c21-14-11-12(8-9-15(14)22)25-19(27)13-5-1-2-6-16(13)24-20(25)28-17-7-3-4-10-23-18(17)26/h1-2,5-6,8-9,11,17H,3-4,7,10H2,(H,23,26)/t17-/m1/s1. The van der Waals surface area contributed by atoms with E-state index < -0.39 is 5.82 Å². The summed E-state index contributed by atoms with van der Waals surface area (Å²) in [6, 6.07) is 11.1. The molecule has 0 aliphatic carbocycles. The van der Waals surface area contributed by atoms with Crippen LogP contribution in [-0.4, -0.2) is 27.3 Å². The van der Waals surface area contributed by atoms with Gasteiger partial charge in [0.05, 0.1) is 26.9 Å². The van der Waals surface area contributed by atoms with Crippen molar-refractivity contribution in [1.29, 1.82) is 0 Å². The van der Waals surface area contributed by atoms with Gasteiger partial charge in [-0.1, -0.05) is 41.9 Å². The van der Waals surface area contributed by atoms with Crippen LogP contribution in [0.1, 0.15) is 19.3 Å². The minimum Gasteiger partial charge on any atom is -0.355 e. The van der Waals surface area contributed by atoms with Gasteiger partial charge in [0.2, 0.25) is 5.91 Å². The fourth-order valence-corrected chi connectivity index (χ4v) is 4.54. The van der Waals surface area contributed by atoms with Gasteiger partial charge in [-0.2, -0.15) is 0 Å². The molecule has 1 atom stereocenters. The van der Waals surface area contributed by atoms with E-state index in [2.05, 4.69) is 10.3 Å². The van der Waals surface area contributed by atoms with Gasteiger partial charge in [0.15, 0.2) is 5.16 Å². The zero-order valence-corrected chi connectivity index (χ0v) is 16.4. The summed E-state index contributed by atoms with van der Waals surface area (Å²) in [5, 5.41) is 3.29. The molecule has 1 N–H and O–H groups in total. The number of aromatic nitrogens is 2. The molecule has 0 spiro atoms. The number of nitrogens with zero attached hydrogens (tertiary/aromatic N) is 2. The van der Waals surface area contributed by atoms with E-state index in [-0.39, 0.29) is 21.7 Å². The van der Waals surface area contributed by atoms with Crippen LogP contribution in [0.3, 0.4) is 0 Å². The molecule has 1 aliphatic rings. The second kappa shape index (κ2) is 7.93. The summed E-state index contributed by atoms with van der Waals surface area (Å²) in [7, 11) is 0. The van der Waals surface area contributed by atoms with E-state index in [1.54, 1.807) is 24.3 Å². The first-order valence-electron chi connectivity index (χ1n) is 8.96. The smallest absolute Gasteiger partial charge is 0.266 e. The van der Waals surface area contributed by atoms with E-state index in [0.29, 0.717) is 34.7 Å². The maximum absolute atomic E-state index is 13.6. The van der Waals surface area contributed by atoms with Crippen LogP contribution in [0, 0.1) is 5.82 Å². The van der Waals surface area contributed by atoms with Gasteiger partial charge in [-0.15, -0.1) is 0 Å². The summed E-state index contributed by atoms with van der Waals surface area (Å²) in [6.45, 7) is 0.654. The van der Waals surface area contributed by atoms with Gasteiger partial charge in [-0.05, 0) is 43.2 Å². The van der Waals surface area contributed by atoms with Gasteiger partial charge in [0, 0.05) is 6.54 Å². The van der Waals surface area contributed by atoms with Crippen molar-refractivity contribution < 1.29 is 9.18 Å². The number of hydrogen-bond donors (Lipinski definition) is 1. The highest BCUT2D eigenvalue weighted by Crippen LogP contribution is 2.30. The molecule has 1 saturated heterocycles. The van der Waals surface area contributed by atoms with Crippen molar-refractivity contribution >= 4 is 40.2 Å². The zero-order valence-electron chi connectivity index (χ0n) is 14.8. The molecule has 5 nitrogen and oxygen atoms in total. The predicted octanol–water partition coefficient (Wildman–Crippen LogP) is 3.94. The molecule has 4 rings (SSSR count). The number of para-hydroxylation sites is 1. The number of carbonyl (C=O) groups is 1. The first kappa shape index (κ1) is 19.0. The highest BCUT2D eigenvalue weighted by Gasteiger charge is 2.25. The molecular weight excluding hydrogens is 401 g/mol. The SMILES string of the molecule is O=C1NCCCC[C@H]1Sc1nc2ccccc2c(=O)n1-c1ccc(F)c(Cl)c1. The van der Waals surface area contributed by atoms with Gasteiger partial charge in [0.1, 0.15) is 5.82 Å². The first-order chi connectivity index (χ1) is 13.5. The van der Waals surface area contributed by atoms with Crippen molar-refractivity contribution in [2.45, 2.75) is 29.7 Å². The third-order valence-corrected chi connectivity index (χ3v) is 6.15. The number of carbonyl (C=O) groups excluding carboxylic acids is 1. The Bertz CT molecular complexity index is 1120. The van der Waals surface area contributed by atoms with Gasteiger partial charge >= 0.3 is 0 Å². The fourth-order valence-electron chi connectivity index (χ4n) is 3.19. The quantitative estimate of drug-likeness (QED) is 0.655. The summed E-state index contributed by atoms with van der Waals surface area (Å²) in [5.41, 5.74) is 0.671. The molecule has 0 unspecified atom stereocenters. The van der Waals surface area contributed by atoms with E-state index in [1.165, 1.54) is 34.5 Å². The molecule has 0 bridgehead atoms. The van der Waals surface area contributed by atoms with Crippen molar-refractivity contribution in [3.05, 3.63) is 63.7 Å². The lowest BCUT2D eigenvalue weighted by Gasteiger charge is -2.17. The minimum absolute atomic E-state index is 0.0615. The van der Waals surface area contributed by atoms with Gasteiger partial charge in [-0.25, -0.2) is 9.37 Å². The Morgan fingerprint density at radius 3 is 2.82 bits per heavy atom. The third-order valence-electron chi connectivity index (χ3n) is 4.64. The maximum Gasteiger partial charge on any atom is 0.266 e. The number of thioether (sulfide) groups is 1. The molecule has 144 valence electrons. The number of nitrogens with one attached hydrogen (secondary N) is 1. The molecule has 0 radical (unpaired) electrons. The molecule has 8 heteroatoms. The zero-order chi connectivity index (χ0) is 19.7. The Kier molecular flexibility index (Phi) is 5.37. The normalized spacial score (nSPS) is 17.4. The molecule has 2 aromatic carbocycles. The molecule has 1 aliphatic heterocycles. The number of fused-ring (bicyclic) bond motifs is 1. The number of rotatable bonds is 3. The maximum atomic E-state index is 13.6. The molecular formula is C20H17ClFN3O2S. The second-order valence-electron chi connectivity index (χ2n) is 6.54. The predicted molar refractivity (Wildman–Crippen MR) is 109 cm³/mol. The van der Waals surface area contributed by atoms with Crippen molar-refractivity contribution in [1.82, 2.24) is 14.9 Å². The lowest BCUT2D eigenvalue weighted by atomic mass is 10.2. The van der Waals surface area contributed by atoms with E-state index >= 15 is 0 Å². The summed E-state index contributed by atoms with van der Waals surface area (Å²) in [4.78, 5) is 30.2. The molecule has 3 aromatic rings. The van der Waals surface area contributed by atoms with Crippen LogP contribution in [0.25, 0.3) is 16.6 Å². The van der Waals surface area contributed by atoms with E-state index in [0.717, 1.165) is 12.8 Å². The van der Waals surface area contributed by atoms with Gasteiger partial charge < -0.3 is 5.32 Å². The monoisotopic (exact) mass is 417 g/mol. The fraction of sp³-hybridized carbons (Fsp3) is 0.250. The Hall–Kier alpha value is -2.38. The Balaban J connectivity index is 1.89. The Morgan fingerprint density at radius 1 is 1.18 bits per heavy atom. The Labute approximate surface area is 169 Å². The van der Waals surface area contributed by atoms with Gasteiger partial charge in [0.25, 0.3) is 5.56 Å². The Morgan fingerprint density at radius 2 is 2.00 bits per heavy atom. The summed E-state index contributed by atoms with van der Waals surface area (Å²) in [6.07, 6.45) is 2.54. The number of benzene rings is 2. The molecule has 28 heavy (non-hydrogen) atoms. The first-order valence-corrected chi connectivity index (χ1v) is 10.2. The van der Waals surface area contributed by atoms with Crippen LogP contribution >= 0.6 is 23.4 Å². The van der Waals surface area contributed by atoms with Crippen molar-refractivity contribution in [3.63, 3.8) is 0 Å². The van der Waals surface area contributed by atoms with Crippen molar-refractivity contribution in [2.75, 3.05) is 6.54 Å².